The second-order valence-electron chi connectivity index (χ2n) is 4.29. The van der Waals surface area contributed by atoms with Crippen LogP contribution in [-0.4, -0.2) is 19.5 Å². The number of aliphatic hydroxyl groups excluding tert-OH is 1. The van der Waals surface area contributed by atoms with Crippen molar-refractivity contribution in [3.63, 3.8) is 0 Å². The molecule has 0 amide bonds. The van der Waals surface area contributed by atoms with Crippen LogP contribution < -0.4 is 0 Å². The van der Waals surface area contributed by atoms with Gasteiger partial charge >= 0.3 is 0 Å². The lowest BCUT2D eigenvalue weighted by atomic mass is 10.1. The highest BCUT2D eigenvalue weighted by Crippen LogP contribution is 2.20. The third-order valence-electron chi connectivity index (χ3n) is 3.17. The summed E-state index contributed by atoms with van der Waals surface area (Å²) in [6.45, 7) is 1.75. The van der Waals surface area contributed by atoms with Crippen LogP contribution in [0.25, 0.3) is 10.9 Å². The van der Waals surface area contributed by atoms with E-state index in [4.69, 9.17) is 0 Å². The van der Waals surface area contributed by atoms with Gasteiger partial charge in [-0.25, -0.2) is 0 Å². The second kappa shape index (κ2) is 4.66. The molecule has 0 atom stereocenters. The van der Waals surface area contributed by atoms with Gasteiger partial charge in [-0.2, -0.15) is 5.10 Å². The van der Waals surface area contributed by atoms with Crippen LogP contribution in [0.2, 0.25) is 0 Å². The highest BCUT2D eigenvalue weighted by atomic mass is 16.3. The molecular formula is C14H15N3O. The minimum atomic E-state index is 0.0725. The van der Waals surface area contributed by atoms with Crippen LogP contribution in [-0.2, 0) is 19.7 Å². The van der Waals surface area contributed by atoms with Crippen LogP contribution >= 0.6 is 0 Å². The Morgan fingerprint density at radius 1 is 1.06 bits per heavy atom. The topological polar surface area (TPSA) is 43.0 Å². The van der Waals surface area contributed by atoms with Crippen LogP contribution in [0.3, 0.4) is 0 Å². The van der Waals surface area contributed by atoms with Gasteiger partial charge in [0.2, 0.25) is 0 Å². The molecule has 1 aromatic carbocycles. The Balaban J connectivity index is 1.92. The molecule has 0 bridgehead atoms. The molecule has 4 nitrogen and oxygen atoms in total. The minimum absolute atomic E-state index is 0.0725. The maximum Gasteiger partial charge on any atom is 0.0702 e. The summed E-state index contributed by atoms with van der Waals surface area (Å²) in [5.74, 6) is 0. The molecule has 0 spiro atoms. The van der Waals surface area contributed by atoms with Crippen molar-refractivity contribution in [3.05, 3.63) is 54.5 Å². The maximum atomic E-state index is 9.40. The molecule has 0 fully saturated rings. The zero-order chi connectivity index (χ0) is 12.4. The molecule has 4 heteroatoms. The van der Waals surface area contributed by atoms with Crippen molar-refractivity contribution >= 4 is 10.9 Å². The molecule has 3 aromatic rings. The number of para-hydroxylation sites is 1. The van der Waals surface area contributed by atoms with E-state index in [1.54, 1.807) is 6.20 Å². The molecule has 3 rings (SSSR count). The van der Waals surface area contributed by atoms with Gasteiger partial charge in [-0.3, -0.25) is 4.68 Å². The van der Waals surface area contributed by atoms with Crippen LogP contribution in [0.1, 0.15) is 5.56 Å². The van der Waals surface area contributed by atoms with Gasteiger partial charge in [0.05, 0.1) is 18.7 Å². The number of fused-ring (bicyclic) bond motifs is 1. The van der Waals surface area contributed by atoms with E-state index in [2.05, 4.69) is 28.0 Å². The predicted molar refractivity (Wildman–Crippen MR) is 70.1 cm³/mol. The molecule has 0 aliphatic rings. The molecule has 2 aromatic heterocycles. The first-order valence-electron chi connectivity index (χ1n) is 6.03. The third-order valence-corrected chi connectivity index (χ3v) is 3.17. The summed E-state index contributed by atoms with van der Waals surface area (Å²) in [4.78, 5) is 0. The maximum absolute atomic E-state index is 9.40. The number of aromatic nitrogens is 3. The highest BCUT2D eigenvalue weighted by molar-refractivity contribution is 5.83. The lowest BCUT2D eigenvalue weighted by Gasteiger charge is -2.08. The van der Waals surface area contributed by atoms with Gasteiger partial charge in [-0.15, -0.1) is 0 Å². The summed E-state index contributed by atoms with van der Waals surface area (Å²) in [7, 11) is 0. The summed E-state index contributed by atoms with van der Waals surface area (Å²) >= 11 is 0. The van der Waals surface area contributed by atoms with E-state index in [0.29, 0.717) is 0 Å². The van der Waals surface area contributed by atoms with E-state index >= 15 is 0 Å². The fourth-order valence-corrected chi connectivity index (χ4v) is 2.30. The van der Waals surface area contributed by atoms with Crippen molar-refractivity contribution in [1.29, 1.82) is 0 Å². The summed E-state index contributed by atoms with van der Waals surface area (Å²) in [5, 5.41) is 14.8. The molecule has 0 unspecified atom stereocenters. The molecule has 0 saturated heterocycles. The normalized spacial score (nSPS) is 11.2. The largest absolute Gasteiger partial charge is 0.392 e. The molecule has 0 saturated carbocycles. The Morgan fingerprint density at radius 3 is 2.78 bits per heavy atom. The molecule has 0 radical (unpaired) electrons. The number of aliphatic hydroxyl groups is 1. The number of aryl methyl sites for hydroxylation is 2. The first-order valence-corrected chi connectivity index (χ1v) is 6.03. The van der Waals surface area contributed by atoms with Gasteiger partial charge in [0.25, 0.3) is 0 Å². The number of hydrogen-bond donors (Lipinski definition) is 1. The molecule has 92 valence electrons. The van der Waals surface area contributed by atoms with E-state index in [1.165, 1.54) is 5.39 Å². The average molecular weight is 241 g/mol. The van der Waals surface area contributed by atoms with Crippen molar-refractivity contribution in [1.82, 2.24) is 14.3 Å². The summed E-state index contributed by atoms with van der Waals surface area (Å²) in [5.41, 5.74) is 2.09. The van der Waals surface area contributed by atoms with Gasteiger partial charge in [0.15, 0.2) is 0 Å². The first-order chi connectivity index (χ1) is 8.88. The zero-order valence-corrected chi connectivity index (χ0v) is 10.0. The van der Waals surface area contributed by atoms with Crippen molar-refractivity contribution in [3.8, 4) is 0 Å². The van der Waals surface area contributed by atoms with Gasteiger partial charge in [0, 0.05) is 30.7 Å². The summed E-state index contributed by atoms with van der Waals surface area (Å²) < 4.78 is 4.08. The lowest BCUT2D eigenvalue weighted by molar-refractivity contribution is 0.283. The molecule has 1 N–H and O–H groups in total. The van der Waals surface area contributed by atoms with Crippen LogP contribution in [0.15, 0.2) is 48.9 Å². The number of rotatable bonds is 4. The average Bonchev–Trinajstić information content (AvgIpc) is 3.05. The Hall–Kier alpha value is -2.07. The van der Waals surface area contributed by atoms with Gasteiger partial charge < -0.3 is 9.67 Å². The Bertz CT molecular complexity index is 640. The van der Waals surface area contributed by atoms with Crippen molar-refractivity contribution in [2.75, 3.05) is 0 Å². The van der Waals surface area contributed by atoms with E-state index in [1.807, 2.05) is 29.1 Å². The SMILES string of the molecule is OCc1cccc2ccn(CCn3cccn3)c12. The fourth-order valence-electron chi connectivity index (χ4n) is 2.30. The van der Waals surface area contributed by atoms with Crippen LogP contribution in [0, 0.1) is 0 Å². The first kappa shape index (κ1) is 11.0. The van der Waals surface area contributed by atoms with Crippen molar-refractivity contribution in [2.45, 2.75) is 19.7 Å². The van der Waals surface area contributed by atoms with Gasteiger partial charge in [0.1, 0.15) is 0 Å². The van der Waals surface area contributed by atoms with E-state index in [-0.39, 0.29) is 6.61 Å². The van der Waals surface area contributed by atoms with Crippen LogP contribution in [0.4, 0.5) is 0 Å². The van der Waals surface area contributed by atoms with Crippen molar-refractivity contribution < 1.29 is 5.11 Å². The molecule has 2 heterocycles. The van der Waals surface area contributed by atoms with Crippen LogP contribution in [0.5, 0.6) is 0 Å². The highest BCUT2D eigenvalue weighted by Gasteiger charge is 2.05. The Morgan fingerprint density at radius 2 is 2.00 bits per heavy atom. The number of hydrogen-bond acceptors (Lipinski definition) is 2. The van der Waals surface area contributed by atoms with Gasteiger partial charge in [-0.1, -0.05) is 18.2 Å². The zero-order valence-electron chi connectivity index (χ0n) is 10.0. The quantitative estimate of drug-likeness (QED) is 0.759. The van der Waals surface area contributed by atoms with Gasteiger partial charge in [-0.05, 0) is 17.5 Å². The number of benzene rings is 1. The molecule has 18 heavy (non-hydrogen) atoms. The molecular weight excluding hydrogens is 226 g/mol. The number of nitrogens with zero attached hydrogens (tertiary/aromatic N) is 3. The summed E-state index contributed by atoms with van der Waals surface area (Å²) in [6.07, 6.45) is 5.80. The predicted octanol–water partition coefficient (Wildman–Crippen LogP) is 2.03. The second-order valence-corrected chi connectivity index (χ2v) is 4.29. The monoisotopic (exact) mass is 241 g/mol. The third kappa shape index (κ3) is 1.91. The standard InChI is InChI=1S/C14H15N3O/c18-11-13-4-1-3-12-5-8-16(14(12)13)9-10-17-7-2-6-15-17/h1-8,18H,9-11H2. The Kier molecular flexibility index (Phi) is 2.86. The lowest BCUT2D eigenvalue weighted by Crippen LogP contribution is -2.07. The smallest absolute Gasteiger partial charge is 0.0702 e. The minimum Gasteiger partial charge on any atom is -0.392 e. The Labute approximate surface area is 105 Å². The van der Waals surface area contributed by atoms with E-state index in [9.17, 15) is 5.11 Å². The van der Waals surface area contributed by atoms with Crippen molar-refractivity contribution in [2.24, 2.45) is 0 Å². The summed E-state index contributed by atoms with van der Waals surface area (Å²) in [6, 6.07) is 10.0. The molecule has 0 aliphatic carbocycles. The molecule has 0 aliphatic heterocycles. The van der Waals surface area contributed by atoms with E-state index < -0.39 is 0 Å². The van der Waals surface area contributed by atoms with E-state index in [0.717, 1.165) is 24.2 Å². The fraction of sp³-hybridized carbons (Fsp3) is 0.214.